The third kappa shape index (κ3) is 1.94. The molecule has 0 unspecified atom stereocenters. The molecule has 0 amide bonds. The van der Waals surface area contributed by atoms with Gasteiger partial charge in [0.2, 0.25) is 0 Å². The number of hydrogen-bond acceptors (Lipinski definition) is 2. The molecule has 0 heterocycles. The fourth-order valence-corrected chi connectivity index (χ4v) is 1.64. The first kappa shape index (κ1) is 9.59. The zero-order chi connectivity index (χ0) is 10.8. The topological polar surface area (TPSA) is 52.0 Å². The van der Waals surface area contributed by atoms with Crippen LogP contribution < -0.4 is 11.5 Å². The first-order valence-corrected chi connectivity index (χ1v) is 4.89. The summed E-state index contributed by atoms with van der Waals surface area (Å²) in [5.74, 6) is 0. The predicted molar refractivity (Wildman–Crippen MR) is 65.4 cm³/mol. The summed E-state index contributed by atoms with van der Waals surface area (Å²) in [5.41, 5.74) is 16.5. The molecule has 0 aliphatic carbocycles. The highest BCUT2D eigenvalue weighted by atomic mass is 14.6. The van der Waals surface area contributed by atoms with E-state index in [2.05, 4.69) is 19.1 Å². The lowest BCUT2D eigenvalue weighted by Gasteiger charge is -2.07. The van der Waals surface area contributed by atoms with Gasteiger partial charge in [0.05, 0.1) is 0 Å². The van der Waals surface area contributed by atoms with E-state index in [4.69, 9.17) is 11.5 Å². The largest absolute Gasteiger partial charge is 0.399 e. The monoisotopic (exact) mass is 198 g/mol. The Bertz CT molecular complexity index is 490. The van der Waals surface area contributed by atoms with Crippen molar-refractivity contribution in [2.75, 3.05) is 11.5 Å². The van der Waals surface area contributed by atoms with Crippen LogP contribution >= 0.6 is 0 Å². The Morgan fingerprint density at radius 1 is 0.933 bits per heavy atom. The summed E-state index contributed by atoms with van der Waals surface area (Å²) < 4.78 is 0. The van der Waals surface area contributed by atoms with E-state index in [1.807, 2.05) is 30.3 Å². The van der Waals surface area contributed by atoms with Crippen molar-refractivity contribution in [1.29, 1.82) is 0 Å². The van der Waals surface area contributed by atoms with E-state index in [0.717, 1.165) is 22.5 Å². The van der Waals surface area contributed by atoms with Crippen molar-refractivity contribution >= 4 is 11.4 Å². The number of nitrogens with two attached hydrogens (primary N) is 2. The summed E-state index contributed by atoms with van der Waals surface area (Å²) in [7, 11) is 0. The Balaban J connectivity index is 2.58. The first-order chi connectivity index (χ1) is 7.16. The van der Waals surface area contributed by atoms with Crippen molar-refractivity contribution < 1.29 is 0 Å². The first-order valence-electron chi connectivity index (χ1n) is 4.89. The molecule has 76 valence electrons. The number of anilines is 2. The van der Waals surface area contributed by atoms with Crippen LogP contribution in [0.15, 0.2) is 42.5 Å². The predicted octanol–water partition coefficient (Wildman–Crippen LogP) is 2.83. The van der Waals surface area contributed by atoms with Crippen LogP contribution in [0.4, 0.5) is 11.4 Å². The highest BCUT2D eigenvalue weighted by molar-refractivity contribution is 5.79. The molecule has 0 atom stereocenters. The summed E-state index contributed by atoms with van der Waals surface area (Å²) in [6.45, 7) is 2.06. The molecule has 0 bridgehead atoms. The van der Waals surface area contributed by atoms with E-state index in [0.29, 0.717) is 0 Å². The Kier molecular flexibility index (Phi) is 2.34. The van der Waals surface area contributed by atoms with Gasteiger partial charge in [0.25, 0.3) is 0 Å². The second kappa shape index (κ2) is 3.65. The maximum Gasteiger partial charge on any atom is 0.0395 e. The Labute approximate surface area is 89.5 Å². The minimum Gasteiger partial charge on any atom is -0.399 e. The van der Waals surface area contributed by atoms with Gasteiger partial charge in [-0.3, -0.25) is 0 Å². The quantitative estimate of drug-likeness (QED) is 0.692. The van der Waals surface area contributed by atoms with Gasteiger partial charge in [0, 0.05) is 16.9 Å². The van der Waals surface area contributed by atoms with Crippen LogP contribution in [0.5, 0.6) is 0 Å². The molecular formula is C13H14N2. The Morgan fingerprint density at radius 2 is 1.73 bits per heavy atom. The average Bonchev–Trinajstić information content (AvgIpc) is 2.22. The minimum absolute atomic E-state index is 0.737. The maximum absolute atomic E-state index is 5.92. The van der Waals surface area contributed by atoms with Crippen molar-refractivity contribution in [3.8, 4) is 11.1 Å². The van der Waals surface area contributed by atoms with Gasteiger partial charge in [-0.15, -0.1) is 0 Å². The molecule has 4 N–H and O–H groups in total. The normalized spacial score (nSPS) is 10.2. The highest BCUT2D eigenvalue weighted by Crippen LogP contribution is 2.28. The van der Waals surface area contributed by atoms with Crippen LogP contribution in [0.2, 0.25) is 0 Å². The Hall–Kier alpha value is -1.96. The molecule has 2 nitrogen and oxygen atoms in total. The number of hydrogen-bond donors (Lipinski definition) is 2. The van der Waals surface area contributed by atoms with Crippen LogP contribution in [-0.2, 0) is 0 Å². The van der Waals surface area contributed by atoms with E-state index < -0.39 is 0 Å². The van der Waals surface area contributed by atoms with Gasteiger partial charge in [-0.05, 0) is 30.7 Å². The standard InChI is InChI=1S/C13H14N2/c1-9-3-2-4-10(7-9)12-8-11(14)5-6-13(12)15/h2-8H,14-15H2,1H3. The van der Waals surface area contributed by atoms with Gasteiger partial charge < -0.3 is 11.5 Å². The zero-order valence-electron chi connectivity index (χ0n) is 8.70. The smallest absolute Gasteiger partial charge is 0.0395 e. The molecule has 2 heteroatoms. The minimum atomic E-state index is 0.737. The third-order valence-electron chi connectivity index (χ3n) is 2.41. The number of aryl methyl sites for hydroxylation is 1. The van der Waals surface area contributed by atoms with E-state index in [1.165, 1.54) is 5.56 Å². The van der Waals surface area contributed by atoms with E-state index >= 15 is 0 Å². The summed E-state index contributed by atoms with van der Waals surface area (Å²) >= 11 is 0. The molecule has 2 aromatic rings. The van der Waals surface area contributed by atoms with Gasteiger partial charge in [0.1, 0.15) is 0 Å². The second-order valence-electron chi connectivity index (χ2n) is 3.72. The lowest BCUT2D eigenvalue weighted by Crippen LogP contribution is -1.93. The van der Waals surface area contributed by atoms with Crippen molar-refractivity contribution in [2.24, 2.45) is 0 Å². The fourth-order valence-electron chi connectivity index (χ4n) is 1.64. The molecule has 0 aliphatic rings. The van der Waals surface area contributed by atoms with Crippen LogP contribution in [0.1, 0.15) is 5.56 Å². The van der Waals surface area contributed by atoms with Crippen LogP contribution in [0.3, 0.4) is 0 Å². The van der Waals surface area contributed by atoms with Gasteiger partial charge in [-0.2, -0.15) is 0 Å². The van der Waals surface area contributed by atoms with Crippen LogP contribution in [-0.4, -0.2) is 0 Å². The summed E-state index contributed by atoms with van der Waals surface area (Å²) in [5, 5.41) is 0. The fraction of sp³-hybridized carbons (Fsp3) is 0.0769. The molecule has 0 aromatic heterocycles. The van der Waals surface area contributed by atoms with Gasteiger partial charge in [-0.25, -0.2) is 0 Å². The molecule has 0 saturated carbocycles. The molecule has 15 heavy (non-hydrogen) atoms. The zero-order valence-corrected chi connectivity index (χ0v) is 8.70. The summed E-state index contributed by atoms with van der Waals surface area (Å²) in [4.78, 5) is 0. The second-order valence-corrected chi connectivity index (χ2v) is 3.72. The number of rotatable bonds is 1. The molecule has 2 rings (SSSR count). The van der Waals surface area contributed by atoms with E-state index in [-0.39, 0.29) is 0 Å². The summed E-state index contributed by atoms with van der Waals surface area (Å²) in [6, 6.07) is 13.8. The van der Waals surface area contributed by atoms with E-state index in [1.54, 1.807) is 0 Å². The molecular weight excluding hydrogens is 184 g/mol. The molecule has 0 aliphatic heterocycles. The molecule has 0 spiro atoms. The van der Waals surface area contributed by atoms with Gasteiger partial charge in [0.15, 0.2) is 0 Å². The summed E-state index contributed by atoms with van der Waals surface area (Å²) in [6.07, 6.45) is 0. The number of nitrogen functional groups attached to an aromatic ring is 2. The SMILES string of the molecule is Cc1cccc(-c2cc(N)ccc2N)c1. The molecule has 0 saturated heterocycles. The lowest BCUT2D eigenvalue weighted by atomic mass is 10.0. The van der Waals surface area contributed by atoms with Crippen molar-refractivity contribution in [3.05, 3.63) is 48.0 Å². The van der Waals surface area contributed by atoms with Crippen LogP contribution in [0.25, 0.3) is 11.1 Å². The van der Waals surface area contributed by atoms with Crippen molar-refractivity contribution in [3.63, 3.8) is 0 Å². The number of benzene rings is 2. The van der Waals surface area contributed by atoms with Gasteiger partial charge in [-0.1, -0.05) is 29.8 Å². The van der Waals surface area contributed by atoms with Crippen molar-refractivity contribution in [1.82, 2.24) is 0 Å². The van der Waals surface area contributed by atoms with Gasteiger partial charge >= 0.3 is 0 Å². The van der Waals surface area contributed by atoms with E-state index in [9.17, 15) is 0 Å². The van der Waals surface area contributed by atoms with Crippen molar-refractivity contribution in [2.45, 2.75) is 6.92 Å². The molecule has 0 fully saturated rings. The molecule has 0 radical (unpaired) electrons. The third-order valence-corrected chi connectivity index (χ3v) is 2.41. The average molecular weight is 198 g/mol. The maximum atomic E-state index is 5.92. The Morgan fingerprint density at radius 3 is 2.47 bits per heavy atom. The lowest BCUT2D eigenvalue weighted by molar-refractivity contribution is 1.47. The molecule has 2 aromatic carbocycles. The van der Waals surface area contributed by atoms with Crippen LogP contribution in [0, 0.1) is 6.92 Å². The highest BCUT2D eigenvalue weighted by Gasteiger charge is 2.02.